The summed E-state index contributed by atoms with van der Waals surface area (Å²) in [6.45, 7) is 4.26. The molecule has 1 aliphatic rings. The van der Waals surface area contributed by atoms with Gasteiger partial charge in [-0.1, -0.05) is 6.92 Å². The average Bonchev–Trinajstić information content (AvgIpc) is 2.81. The van der Waals surface area contributed by atoms with Crippen LogP contribution in [0.5, 0.6) is 0 Å². The van der Waals surface area contributed by atoms with Crippen LogP contribution in [0.4, 0.5) is 4.39 Å². The Kier molecular flexibility index (Phi) is 2.50. The number of rotatable bonds is 3. The first-order chi connectivity index (χ1) is 6.66. The fourth-order valence-electron chi connectivity index (χ4n) is 1.64. The van der Waals surface area contributed by atoms with Crippen LogP contribution in [0, 0.1) is 11.7 Å². The zero-order chi connectivity index (χ0) is 10.1. The molecule has 1 aromatic heterocycles. The summed E-state index contributed by atoms with van der Waals surface area (Å²) >= 11 is 0. The van der Waals surface area contributed by atoms with Crippen molar-refractivity contribution in [1.29, 1.82) is 0 Å². The van der Waals surface area contributed by atoms with Gasteiger partial charge in [-0.15, -0.1) is 0 Å². The second-order valence-electron chi connectivity index (χ2n) is 4.14. The standard InChI is InChI=1S/C11H15FN2/c1-7-3-11(7)14-8(2)9-4-10(12)6-13-5-9/h4-8,11,14H,3H2,1-2H3. The minimum absolute atomic E-state index is 0.188. The normalized spacial score (nSPS) is 27.4. The Labute approximate surface area is 83.6 Å². The molecule has 2 nitrogen and oxygen atoms in total. The summed E-state index contributed by atoms with van der Waals surface area (Å²) < 4.78 is 12.9. The fraction of sp³-hybridized carbons (Fsp3) is 0.545. The Hall–Kier alpha value is -0.960. The largest absolute Gasteiger partial charge is 0.307 e. The first-order valence-electron chi connectivity index (χ1n) is 5.03. The monoisotopic (exact) mass is 194 g/mol. The van der Waals surface area contributed by atoms with Crippen molar-refractivity contribution in [3.8, 4) is 0 Å². The molecule has 14 heavy (non-hydrogen) atoms. The number of hydrogen-bond donors (Lipinski definition) is 1. The molecule has 0 radical (unpaired) electrons. The second-order valence-corrected chi connectivity index (χ2v) is 4.14. The van der Waals surface area contributed by atoms with Crippen molar-refractivity contribution in [3.63, 3.8) is 0 Å². The van der Waals surface area contributed by atoms with Gasteiger partial charge in [-0.3, -0.25) is 4.98 Å². The molecule has 76 valence electrons. The third-order valence-corrected chi connectivity index (χ3v) is 2.80. The minimum atomic E-state index is -0.264. The van der Waals surface area contributed by atoms with E-state index in [0.29, 0.717) is 6.04 Å². The summed E-state index contributed by atoms with van der Waals surface area (Å²) in [5, 5.41) is 3.44. The van der Waals surface area contributed by atoms with Crippen LogP contribution in [0.1, 0.15) is 31.9 Å². The predicted octanol–water partition coefficient (Wildman–Crippen LogP) is 2.28. The zero-order valence-corrected chi connectivity index (χ0v) is 8.50. The lowest BCUT2D eigenvalue weighted by Crippen LogP contribution is -2.22. The van der Waals surface area contributed by atoms with E-state index in [2.05, 4.69) is 17.2 Å². The van der Waals surface area contributed by atoms with E-state index < -0.39 is 0 Å². The number of halogens is 1. The molecule has 0 bridgehead atoms. The molecule has 3 heteroatoms. The summed E-state index contributed by atoms with van der Waals surface area (Å²) in [5.74, 6) is 0.499. The van der Waals surface area contributed by atoms with Gasteiger partial charge in [-0.25, -0.2) is 4.39 Å². The molecular weight excluding hydrogens is 179 g/mol. The molecule has 1 heterocycles. The van der Waals surface area contributed by atoms with Gasteiger partial charge < -0.3 is 5.32 Å². The maximum Gasteiger partial charge on any atom is 0.141 e. The SMILES string of the molecule is CC(NC1CC1C)c1cncc(F)c1. The molecule has 1 fully saturated rings. The van der Waals surface area contributed by atoms with Crippen molar-refractivity contribution in [3.05, 3.63) is 29.8 Å². The second kappa shape index (κ2) is 3.65. The Morgan fingerprint density at radius 3 is 2.86 bits per heavy atom. The van der Waals surface area contributed by atoms with E-state index in [1.807, 2.05) is 6.92 Å². The fourth-order valence-corrected chi connectivity index (χ4v) is 1.64. The van der Waals surface area contributed by atoms with E-state index >= 15 is 0 Å². The van der Waals surface area contributed by atoms with Crippen LogP contribution in [0.3, 0.4) is 0 Å². The summed E-state index contributed by atoms with van der Waals surface area (Å²) in [5.41, 5.74) is 0.920. The van der Waals surface area contributed by atoms with E-state index in [1.165, 1.54) is 18.7 Å². The molecular formula is C11H15FN2. The first kappa shape index (κ1) is 9.59. The van der Waals surface area contributed by atoms with E-state index in [4.69, 9.17) is 0 Å². The third kappa shape index (κ3) is 2.10. The van der Waals surface area contributed by atoms with Crippen LogP contribution >= 0.6 is 0 Å². The topological polar surface area (TPSA) is 24.9 Å². The molecule has 0 spiro atoms. The van der Waals surface area contributed by atoms with Crippen molar-refractivity contribution < 1.29 is 4.39 Å². The maximum absolute atomic E-state index is 12.9. The van der Waals surface area contributed by atoms with Crippen molar-refractivity contribution >= 4 is 0 Å². The molecule has 0 aromatic carbocycles. The first-order valence-corrected chi connectivity index (χ1v) is 5.03. The quantitative estimate of drug-likeness (QED) is 0.798. The maximum atomic E-state index is 12.9. The van der Waals surface area contributed by atoms with Gasteiger partial charge in [-0.05, 0) is 30.9 Å². The highest BCUT2D eigenvalue weighted by Crippen LogP contribution is 2.31. The number of aromatic nitrogens is 1. The van der Waals surface area contributed by atoms with Crippen LogP contribution in [-0.2, 0) is 0 Å². The lowest BCUT2D eigenvalue weighted by molar-refractivity contribution is 0.542. The molecule has 0 aliphatic heterocycles. The number of hydrogen-bond acceptors (Lipinski definition) is 2. The third-order valence-electron chi connectivity index (χ3n) is 2.80. The average molecular weight is 194 g/mol. The molecule has 1 saturated carbocycles. The van der Waals surface area contributed by atoms with E-state index in [-0.39, 0.29) is 11.9 Å². The Bertz CT molecular complexity index is 327. The summed E-state index contributed by atoms with van der Waals surface area (Å²) in [7, 11) is 0. The number of pyridine rings is 1. The minimum Gasteiger partial charge on any atom is -0.307 e. The van der Waals surface area contributed by atoms with Crippen LogP contribution in [0.15, 0.2) is 18.5 Å². The van der Waals surface area contributed by atoms with E-state index in [1.54, 1.807) is 6.20 Å². The Morgan fingerprint density at radius 2 is 2.29 bits per heavy atom. The molecule has 1 aromatic rings. The van der Waals surface area contributed by atoms with E-state index in [9.17, 15) is 4.39 Å². The molecule has 1 aliphatic carbocycles. The van der Waals surface area contributed by atoms with Gasteiger partial charge >= 0.3 is 0 Å². The lowest BCUT2D eigenvalue weighted by Gasteiger charge is -2.13. The highest BCUT2D eigenvalue weighted by atomic mass is 19.1. The van der Waals surface area contributed by atoms with Gasteiger partial charge in [0.2, 0.25) is 0 Å². The van der Waals surface area contributed by atoms with Crippen molar-refractivity contribution in [2.75, 3.05) is 0 Å². The zero-order valence-electron chi connectivity index (χ0n) is 8.50. The van der Waals surface area contributed by atoms with Crippen LogP contribution in [0.25, 0.3) is 0 Å². The van der Waals surface area contributed by atoms with Gasteiger partial charge in [-0.2, -0.15) is 0 Å². The lowest BCUT2D eigenvalue weighted by atomic mass is 10.1. The van der Waals surface area contributed by atoms with Gasteiger partial charge in [0, 0.05) is 18.3 Å². The smallest absolute Gasteiger partial charge is 0.141 e. The Morgan fingerprint density at radius 1 is 1.57 bits per heavy atom. The van der Waals surface area contributed by atoms with Crippen LogP contribution in [-0.4, -0.2) is 11.0 Å². The van der Waals surface area contributed by atoms with Gasteiger partial charge in [0.05, 0.1) is 6.20 Å². The van der Waals surface area contributed by atoms with Gasteiger partial charge in [0.15, 0.2) is 0 Å². The molecule has 1 N–H and O–H groups in total. The number of nitrogens with one attached hydrogen (secondary N) is 1. The molecule has 3 unspecified atom stereocenters. The van der Waals surface area contributed by atoms with Crippen LogP contribution in [0.2, 0.25) is 0 Å². The molecule has 0 amide bonds. The summed E-state index contributed by atoms with van der Waals surface area (Å²) in [4.78, 5) is 3.84. The molecule has 0 saturated heterocycles. The van der Waals surface area contributed by atoms with Gasteiger partial charge in [0.1, 0.15) is 5.82 Å². The van der Waals surface area contributed by atoms with Crippen molar-refractivity contribution in [1.82, 2.24) is 10.3 Å². The summed E-state index contributed by atoms with van der Waals surface area (Å²) in [6.07, 6.45) is 4.18. The van der Waals surface area contributed by atoms with E-state index in [0.717, 1.165) is 11.5 Å². The predicted molar refractivity (Wildman–Crippen MR) is 53.3 cm³/mol. The highest BCUT2D eigenvalue weighted by molar-refractivity contribution is 5.15. The highest BCUT2D eigenvalue weighted by Gasteiger charge is 2.33. The van der Waals surface area contributed by atoms with Crippen molar-refractivity contribution in [2.24, 2.45) is 5.92 Å². The number of nitrogens with zero attached hydrogens (tertiary/aromatic N) is 1. The van der Waals surface area contributed by atoms with Gasteiger partial charge in [0.25, 0.3) is 0 Å². The molecule has 2 rings (SSSR count). The van der Waals surface area contributed by atoms with Crippen LogP contribution < -0.4 is 5.32 Å². The Balaban J connectivity index is 2.00. The summed E-state index contributed by atoms with van der Waals surface area (Å²) in [6, 6.07) is 2.33. The molecule has 3 atom stereocenters. The van der Waals surface area contributed by atoms with Crippen molar-refractivity contribution in [2.45, 2.75) is 32.4 Å².